The highest BCUT2D eigenvalue weighted by Gasteiger charge is 2.32. The van der Waals surface area contributed by atoms with E-state index in [2.05, 4.69) is 4.98 Å². The Bertz CT molecular complexity index is 549. The highest BCUT2D eigenvalue weighted by Crippen LogP contribution is 2.34. The van der Waals surface area contributed by atoms with E-state index in [1.54, 1.807) is 6.92 Å². The predicted octanol–water partition coefficient (Wildman–Crippen LogP) is 3.31. The molecule has 1 atom stereocenters. The molecule has 0 aliphatic heterocycles. The van der Waals surface area contributed by atoms with Gasteiger partial charge in [-0.2, -0.15) is 13.2 Å². The molecule has 0 amide bonds. The van der Waals surface area contributed by atoms with E-state index in [0.717, 1.165) is 6.20 Å². The van der Waals surface area contributed by atoms with E-state index in [0.29, 0.717) is 10.9 Å². The van der Waals surface area contributed by atoms with E-state index in [1.807, 2.05) is 0 Å². The lowest BCUT2D eigenvalue weighted by molar-refractivity contribution is -0.136. The van der Waals surface area contributed by atoms with Gasteiger partial charge in [-0.3, -0.25) is 4.98 Å². The van der Waals surface area contributed by atoms with Crippen molar-refractivity contribution < 1.29 is 18.3 Å². The Morgan fingerprint density at radius 3 is 2.53 bits per heavy atom. The molecule has 0 saturated heterocycles. The molecule has 2 aromatic rings. The number of pyridine rings is 1. The average molecular weight is 241 g/mol. The number of hydrogen-bond acceptors (Lipinski definition) is 2. The van der Waals surface area contributed by atoms with Crippen LogP contribution in [-0.2, 0) is 6.18 Å². The van der Waals surface area contributed by atoms with Crippen molar-refractivity contribution in [2.45, 2.75) is 19.2 Å². The molecule has 0 aliphatic rings. The lowest BCUT2D eigenvalue weighted by Gasteiger charge is -2.11. The lowest BCUT2D eigenvalue weighted by Crippen LogP contribution is -2.06. The fourth-order valence-electron chi connectivity index (χ4n) is 1.68. The van der Waals surface area contributed by atoms with Gasteiger partial charge in [0, 0.05) is 17.8 Å². The van der Waals surface area contributed by atoms with Crippen LogP contribution in [0.3, 0.4) is 0 Å². The maximum Gasteiger partial charge on any atom is 0.418 e. The molecule has 0 radical (unpaired) electrons. The third-order valence-corrected chi connectivity index (χ3v) is 2.57. The van der Waals surface area contributed by atoms with E-state index < -0.39 is 17.8 Å². The van der Waals surface area contributed by atoms with Crippen molar-refractivity contribution in [2.75, 3.05) is 0 Å². The summed E-state index contributed by atoms with van der Waals surface area (Å²) in [5, 5.41) is 9.84. The van der Waals surface area contributed by atoms with Crippen LogP contribution in [0.15, 0.2) is 30.6 Å². The quantitative estimate of drug-likeness (QED) is 0.830. The van der Waals surface area contributed by atoms with Gasteiger partial charge >= 0.3 is 6.18 Å². The molecule has 1 N–H and O–H groups in total. The number of benzene rings is 1. The van der Waals surface area contributed by atoms with E-state index in [-0.39, 0.29) is 5.39 Å². The number of alkyl halides is 3. The topological polar surface area (TPSA) is 33.1 Å². The van der Waals surface area contributed by atoms with Crippen LogP contribution < -0.4 is 0 Å². The summed E-state index contributed by atoms with van der Waals surface area (Å²) in [7, 11) is 0. The van der Waals surface area contributed by atoms with Crippen LogP contribution in [0.5, 0.6) is 0 Å². The van der Waals surface area contributed by atoms with Crippen LogP contribution in [0.1, 0.15) is 24.2 Å². The Balaban J connectivity index is 2.67. The van der Waals surface area contributed by atoms with Crippen molar-refractivity contribution in [2.24, 2.45) is 0 Å². The van der Waals surface area contributed by atoms with Gasteiger partial charge < -0.3 is 5.11 Å². The zero-order valence-corrected chi connectivity index (χ0v) is 8.99. The van der Waals surface area contributed by atoms with Gasteiger partial charge in [-0.25, -0.2) is 0 Å². The van der Waals surface area contributed by atoms with E-state index in [1.165, 1.54) is 24.4 Å². The molecule has 90 valence electrons. The first-order valence-corrected chi connectivity index (χ1v) is 5.02. The van der Waals surface area contributed by atoms with Crippen molar-refractivity contribution in [3.63, 3.8) is 0 Å². The van der Waals surface area contributed by atoms with E-state index in [9.17, 15) is 18.3 Å². The first kappa shape index (κ1) is 11.9. The highest BCUT2D eigenvalue weighted by molar-refractivity contribution is 5.85. The maximum absolute atomic E-state index is 12.7. The van der Waals surface area contributed by atoms with Crippen LogP contribution in [0, 0.1) is 0 Å². The summed E-state index contributed by atoms with van der Waals surface area (Å²) in [6.07, 6.45) is -2.96. The molecular weight excluding hydrogens is 231 g/mol. The molecule has 2 nitrogen and oxygen atoms in total. The molecule has 0 fully saturated rings. The number of aliphatic hydroxyl groups excluding tert-OH is 1. The molecule has 1 aromatic heterocycles. The van der Waals surface area contributed by atoms with Gasteiger partial charge in [-0.15, -0.1) is 0 Å². The van der Waals surface area contributed by atoms with Gasteiger partial charge in [0.15, 0.2) is 0 Å². The van der Waals surface area contributed by atoms with E-state index >= 15 is 0 Å². The van der Waals surface area contributed by atoms with Crippen LogP contribution >= 0.6 is 0 Å². The zero-order valence-electron chi connectivity index (χ0n) is 8.99. The first-order chi connectivity index (χ1) is 7.89. The third kappa shape index (κ3) is 2.24. The minimum atomic E-state index is -4.42. The summed E-state index contributed by atoms with van der Waals surface area (Å²) < 4.78 is 38.1. The second-order valence-electron chi connectivity index (χ2n) is 3.84. The summed E-state index contributed by atoms with van der Waals surface area (Å²) in [6.45, 7) is 1.56. The van der Waals surface area contributed by atoms with Crippen molar-refractivity contribution in [3.8, 4) is 0 Å². The van der Waals surface area contributed by atoms with Gasteiger partial charge in [-0.1, -0.05) is 12.1 Å². The molecule has 17 heavy (non-hydrogen) atoms. The molecule has 1 unspecified atom stereocenters. The number of aliphatic hydroxyl groups is 1. The van der Waals surface area contributed by atoms with E-state index in [4.69, 9.17) is 0 Å². The smallest absolute Gasteiger partial charge is 0.389 e. The number of hydrogen-bond donors (Lipinski definition) is 1. The summed E-state index contributed by atoms with van der Waals surface area (Å²) in [4.78, 5) is 3.58. The van der Waals surface area contributed by atoms with Gasteiger partial charge in [-0.05, 0) is 23.9 Å². The molecule has 5 heteroatoms. The summed E-state index contributed by atoms with van der Waals surface area (Å²) in [6, 6.07) is 4.37. The van der Waals surface area contributed by atoms with Gasteiger partial charge in [0.2, 0.25) is 0 Å². The van der Waals surface area contributed by atoms with Gasteiger partial charge in [0.25, 0.3) is 0 Å². The second-order valence-corrected chi connectivity index (χ2v) is 3.84. The molecule has 0 saturated carbocycles. The minimum Gasteiger partial charge on any atom is -0.389 e. The highest BCUT2D eigenvalue weighted by atomic mass is 19.4. The number of rotatable bonds is 1. The fourth-order valence-corrected chi connectivity index (χ4v) is 1.68. The fraction of sp³-hybridized carbons (Fsp3) is 0.250. The standard InChI is InChI=1S/C12H10F3NO/c1-7(17)8-2-3-10-9(4-8)5-16-6-11(10)12(13,14)15/h2-7,17H,1H3. The Labute approximate surface area is 95.7 Å². The molecule has 0 aliphatic carbocycles. The van der Waals surface area contributed by atoms with Crippen molar-refractivity contribution in [1.82, 2.24) is 4.98 Å². The number of halogens is 3. The van der Waals surface area contributed by atoms with Crippen LogP contribution in [0.2, 0.25) is 0 Å². The van der Waals surface area contributed by atoms with Crippen LogP contribution in [0.4, 0.5) is 13.2 Å². The van der Waals surface area contributed by atoms with Crippen molar-refractivity contribution in [3.05, 3.63) is 41.7 Å². The van der Waals surface area contributed by atoms with Gasteiger partial charge in [0.05, 0.1) is 11.7 Å². The second kappa shape index (κ2) is 4.00. The third-order valence-electron chi connectivity index (χ3n) is 2.57. The summed E-state index contributed by atoms with van der Waals surface area (Å²) in [5.41, 5.74) is -0.189. The number of aromatic nitrogens is 1. The number of fused-ring (bicyclic) bond motifs is 1. The summed E-state index contributed by atoms with van der Waals surface area (Å²) in [5.74, 6) is 0. The Kier molecular flexibility index (Phi) is 2.79. The number of nitrogens with zero attached hydrogens (tertiary/aromatic N) is 1. The Morgan fingerprint density at radius 1 is 1.24 bits per heavy atom. The maximum atomic E-state index is 12.7. The SMILES string of the molecule is CC(O)c1ccc2c(C(F)(F)F)cncc2c1. The molecule has 1 aromatic carbocycles. The minimum absolute atomic E-state index is 0.0944. The molecule has 0 spiro atoms. The van der Waals surface area contributed by atoms with Gasteiger partial charge in [0.1, 0.15) is 0 Å². The average Bonchev–Trinajstić information content (AvgIpc) is 2.26. The molecule has 2 rings (SSSR count). The largest absolute Gasteiger partial charge is 0.418 e. The molecule has 1 heterocycles. The zero-order chi connectivity index (χ0) is 12.6. The van der Waals surface area contributed by atoms with Crippen molar-refractivity contribution in [1.29, 1.82) is 0 Å². The van der Waals surface area contributed by atoms with Crippen LogP contribution in [-0.4, -0.2) is 10.1 Å². The lowest BCUT2D eigenvalue weighted by atomic mass is 10.0. The monoisotopic (exact) mass is 241 g/mol. The Hall–Kier alpha value is -1.62. The first-order valence-electron chi connectivity index (χ1n) is 5.02. The summed E-state index contributed by atoms with van der Waals surface area (Å²) >= 11 is 0. The van der Waals surface area contributed by atoms with Crippen LogP contribution in [0.25, 0.3) is 10.8 Å². The predicted molar refractivity (Wildman–Crippen MR) is 57.4 cm³/mol. The Morgan fingerprint density at radius 2 is 1.94 bits per heavy atom. The molecule has 0 bridgehead atoms. The normalized spacial score (nSPS) is 13.9. The molecular formula is C12H10F3NO. The van der Waals surface area contributed by atoms with Crippen molar-refractivity contribution >= 4 is 10.8 Å².